The van der Waals surface area contributed by atoms with E-state index in [0.717, 1.165) is 27.5 Å². The molecule has 3 aromatic carbocycles. The van der Waals surface area contributed by atoms with Crippen molar-refractivity contribution in [1.29, 1.82) is 0 Å². The number of hydrogen-bond acceptors (Lipinski definition) is 4. The van der Waals surface area contributed by atoms with Gasteiger partial charge in [-0.25, -0.2) is 0 Å². The molecule has 1 amide bonds. The van der Waals surface area contributed by atoms with Crippen molar-refractivity contribution in [2.75, 3.05) is 16.0 Å². The summed E-state index contributed by atoms with van der Waals surface area (Å²) in [5.41, 5.74) is 4.22. The van der Waals surface area contributed by atoms with Gasteiger partial charge in [-0.2, -0.15) is 0 Å². The fraction of sp³-hybridized carbons (Fsp3) is 0.192. The molecule has 0 saturated carbocycles. The highest BCUT2D eigenvalue weighted by Gasteiger charge is 2.18. The molecule has 1 atom stereocenters. The van der Waals surface area contributed by atoms with Gasteiger partial charge in [-0.3, -0.25) is 9.59 Å². The molecule has 3 N–H and O–H groups in total. The molecule has 3 rings (SSSR count). The van der Waals surface area contributed by atoms with Crippen molar-refractivity contribution in [3.63, 3.8) is 0 Å². The van der Waals surface area contributed by atoms with E-state index >= 15 is 0 Å². The summed E-state index contributed by atoms with van der Waals surface area (Å²) in [6.45, 7) is 5.56. The Balaban J connectivity index is 1.59. The van der Waals surface area contributed by atoms with Crippen LogP contribution in [0.25, 0.3) is 0 Å². The summed E-state index contributed by atoms with van der Waals surface area (Å²) < 4.78 is 0. The van der Waals surface area contributed by atoms with Crippen molar-refractivity contribution >= 4 is 57.8 Å². The van der Waals surface area contributed by atoms with E-state index in [9.17, 15) is 9.59 Å². The van der Waals surface area contributed by atoms with Crippen LogP contribution in [0.5, 0.6) is 0 Å². The zero-order valence-electron chi connectivity index (χ0n) is 18.8. The number of anilines is 3. The standard InChI is InChI=1S/C26H27N3O2S2/c1-4-24(25(31)27-20-12-8-17(2)9-13-20)33-23-7-5-6-22(16-23)29-26(32)28-21-14-10-19(11-15-21)18(3)30/h5-16,24H,4H2,1-3H3,(H,27,31)(H2,28,29,32). The number of thiocarbonyl (C=S) groups is 1. The summed E-state index contributed by atoms with van der Waals surface area (Å²) in [4.78, 5) is 25.1. The van der Waals surface area contributed by atoms with Crippen LogP contribution in [-0.4, -0.2) is 22.1 Å². The first-order valence-corrected chi connectivity index (χ1v) is 12.0. The van der Waals surface area contributed by atoms with Crippen LogP contribution in [0.1, 0.15) is 36.2 Å². The van der Waals surface area contributed by atoms with Gasteiger partial charge in [0.1, 0.15) is 0 Å². The average Bonchev–Trinajstić information content (AvgIpc) is 2.79. The number of nitrogens with one attached hydrogen (secondary N) is 3. The summed E-state index contributed by atoms with van der Waals surface area (Å²) in [6.07, 6.45) is 0.705. The number of benzene rings is 3. The number of amides is 1. The first kappa shape index (κ1) is 24.5. The van der Waals surface area contributed by atoms with Crippen LogP contribution in [0.2, 0.25) is 0 Å². The Morgan fingerprint density at radius 1 is 0.879 bits per heavy atom. The molecule has 3 aromatic rings. The number of rotatable bonds is 8. The van der Waals surface area contributed by atoms with Crippen LogP contribution in [0.3, 0.4) is 0 Å². The molecular weight excluding hydrogens is 450 g/mol. The van der Waals surface area contributed by atoms with Crippen molar-refractivity contribution in [3.05, 3.63) is 83.9 Å². The maximum absolute atomic E-state index is 12.8. The van der Waals surface area contributed by atoms with Crippen molar-refractivity contribution in [1.82, 2.24) is 0 Å². The maximum atomic E-state index is 12.8. The number of ketones is 1. The Morgan fingerprint density at radius 3 is 2.12 bits per heavy atom. The molecule has 0 saturated heterocycles. The molecule has 0 heterocycles. The summed E-state index contributed by atoms with van der Waals surface area (Å²) in [5.74, 6) is 0.00501. The topological polar surface area (TPSA) is 70.2 Å². The molecule has 170 valence electrons. The molecule has 0 aromatic heterocycles. The minimum Gasteiger partial charge on any atom is -0.332 e. The highest BCUT2D eigenvalue weighted by Crippen LogP contribution is 2.28. The van der Waals surface area contributed by atoms with E-state index in [1.54, 1.807) is 12.1 Å². The molecule has 1 unspecified atom stereocenters. The third-order valence-electron chi connectivity index (χ3n) is 4.90. The van der Waals surface area contributed by atoms with Gasteiger partial charge in [0.2, 0.25) is 5.91 Å². The second-order valence-corrected chi connectivity index (χ2v) is 9.29. The molecule has 0 bridgehead atoms. The molecule has 33 heavy (non-hydrogen) atoms. The number of hydrogen-bond donors (Lipinski definition) is 3. The van der Waals surface area contributed by atoms with Crippen molar-refractivity contribution in [3.8, 4) is 0 Å². The van der Waals surface area contributed by atoms with Gasteiger partial charge in [-0.05, 0) is 87.1 Å². The van der Waals surface area contributed by atoms with Gasteiger partial charge < -0.3 is 16.0 Å². The van der Waals surface area contributed by atoms with Crippen LogP contribution < -0.4 is 16.0 Å². The first-order valence-electron chi connectivity index (χ1n) is 10.7. The van der Waals surface area contributed by atoms with Gasteiger partial charge in [0.25, 0.3) is 0 Å². The lowest BCUT2D eigenvalue weighted by Gasteiger charge is -2.16. The van der Waals surface area contributed by atoms with E-state index in [1.165, 1.54) is 18.7 Å². The average molecular weight is 478 g/mol. The molecule has 7 heteroatoms. The van der Waals surface area contributed by atoms with Gasteiger partial charge >= 0.3 is 0 Å². The highest BCUT2D eigenvalue weighted by atomic mass is 32.2. The molecular formula is C26H27N3O2S2. The van der Waals surface area contributed by atoms with E-state index in [0.29, 0.717) is 17.1 Å². The number of carbonyl (C=O) groups is 2. The molecule has 0 fully saturated rings. The summed E-state index contributed by atoms with van der Waals surface area (Å²) >= 11 is 6.94. The zero-order valence-corrected chi connectivity index (χ0v) is 20.5. The Bertz CT molecular complexity index is 1130. The van der Waals surface area contributed by atoms with Crippen molar-refractivity contribution in [2.45, 2.75) is 37.3 Å². The SMILES string of the molecule is CCC(Sc1cccc(NC(=S)Nc2ccc(C(C)=O)cc2)c1)C(=O)Nc1ccc(C)cc1. The largest absolute Gasteiger partial charge is 0.332 e. The Hall–Kier alpha value is -3.16. The first-order chi connectivity index (χ1) is 15.8. The molecule has 0 spiro atoms. The third kappa shape index (κ3) is 7.44. The maximum Gasteiger partial charge on any atom is 0.237 e. The van der Waals surface area contributed by atoms with Crippen molar-refractivity contribution in [2.24, 2.45) is 0 Å². The molecule has 0 radical (unpaired) electrons. The predicted molar refractivity (Wildman–Crippen MR) is 142 cm³/mol. The second-order valence-electron chi connectivity index (χ2n) is 7.61. The molecule has 0 aliphatic rings. The summed E-state index contributed by atoms with van der Waals surface area (Å²) in [5, 5.41) is 9.51. The van der Waals surface area contributed by atoms with Crippen LogP contribution in [0, 0.1) is 6.92 Å². The van der Waals surface area contributed by atoms with Crippen LogP contribution in [-0.2, 0) is 4.79 Å². The van der Waals surface area contributed by atoms with Crippen LogP contribution in [0.4, 0.5) is 17.1 Å². The second kappa shape index (κ2) is 11.6. The number of aryl methyl sites for hydroxylation is 1. The van der Waals surface area contributed by atoms with Gasteiger partial charge in [-0.1, -0.05) is 30.7 Å². The third-order valence-corrected chi connectivity index (χ3v) is 6.46. The lowest BCUT2D eigenvalue weighted by atomic mass is 10.1. The Labute approximate surface area is 204 Å². The van der Waals surface area contributed by atoms with E-state index < -0.39 is 0 Å². The normalized spacial score (nSPS) is 11.4. The van der Waals surface area contributed by atoms with Crippen LogP contribution >= 0.6 is 24.0 Å². The Kier molecular flexibility index (Phi) is 8.63. The smallest absolute Gasteiger partial charge is 0.237 e. The van der Waals surface area contributed by atoms with Crippen LogP contribution in [0.15, 0.2) is 77.7 Å². The zero-order chi connectivity index (χ0) is 23.8. The predicted octanol–water partition coefficient (Wildman–Crippen LogP) is 6.52. The van der Waals surface area contributed by atoms with Gasteiger partial charge in [-0.15, -0.1) is 11.8 Å². The fourth-order valence-electron chi connectivity index (χ4n) is 3.08. The quantitative estimate of drug-likeness (QED) is 0.195. The van der Waals surface area contributed by atoms with Gasteiger partial charge in [0, 0.05) is 27.5 Å². The van der Waals surface area contributed by atoms with Gasteiger partial charge in [0.05, 0.1) is 5.25 Å². The Morgan fingerprint density at radius 2 is 1.48 bits per heavy atom. The number of Topliss-reactive ketones (excluding diaryl/α,β-unsaturated/α-hetero) is 1. The summed E-state index contributed by atoms with van der Waals surface area (Å²) in [7, 11) is 0. The van der Waals surface area contributed by atoms with E-state index in [1.807, 2.05) is 74.5 Å². The minimum atomic E-state index is -0.216. The lowest BCUT2D eigenvalue weighted by molar-refractivity contribution is -0.115. The monoisotopic (exact) mass is 477 g/mol. The van der Waals surface area contributed by atoms with Gasteiger partial charge in [0.15, 0.2) is 10.9 Å². The van der Waals surface area contributed by atoms with E-state index in [2.05, 4.69) is 16.0 Å². The lowest BCUT2D eigenvalue weighted by Crippen LogP contribution is -2.24. The van der Waals surface area contributed by atoms with E-state index in [4.69, 9.17) is 12.2 Å². The molecule has 5 nitrogen and oxygen atoms in total. The van der Waals surface area contributed by atoms with Crippen molar-refractivity contribution < 1.29 is 9.59 Å². The highest BCUT2D eigenvalue weighted by molar-refractivity contribution is 8.00. The fourth-order valence-corrected chi connectivity index (χ4v) is 4.32. The number of thioether (sulfide) groups is 1. The minimum absolute atomic E-state index is 0.0177. The molecule has 0 aliphatic carbocycles. The summed E-state index contributed by atoms with van der Waals surface area (Å²) in [6, 6.07) is 22.7. The number of carbonyl (C=O) groups excluding carboxylic acids is 2. The van der Waals surface area contributed by atoms with E-state index in [-0.39, 0.29) is 16.9 Å². The molecule has 0 aliphatic heterocycles.